The second-order valence-corrected chi connectivity index (χ2v) is 10.8. The summed E-state index contributed by atoms with van der Waals surface area (Å²) in [4.78, 5) is 1.01. The van der Waals surface area contributed by atoms with E-state index in [0.29, 0.717) is 6.54 Å². The highest BCUT2D eigenvalue weighted by Gasteiger charge is 2.19. The molecule has 46 heavy (non-hydrogen) atoms. The Morgan fingerprint density at radius 3 is 2.30 bits per heavy atom. The van der Waals surface area contributed by atoms with E-state index in [2.05, 4.69) is 85.7 Å². The van der Waals surface area contributed by atoms with Crippen molar-refractivity contribution in [3.8, 4) is 0 Å². The molecule has 0 radical (unpaired) electrons. The van der Waals surface area contributed by atoms with Crippen LogP contribution in [-0.4, -0.2) is 48.9 Å². The van der Waals surface area contributed by atoms with Crippen molar-refractivity contribution in [1.29, 1.82) is 0 Å². The number of nitrogens with one attached hydrogen (secondary N) is 2. The fraction of sp³-hybridized carbons (Fsp3) is 0.538. The monoisotopic (exact) mass is 654 g/mol. The second-order valence-electron chi connectivity index (χ2n) is 10.4. The number of hydrogen-bond donors (Lipinski definition) is 4. The number of aryl methyl sites for hydroxylation is 3. The van der Waals surface area contributed by atoms with Gasteiger partial charge in [-0.1, -0.05) is 117 Å². The number of aliphatic hydroxyl groups is 1. The van der Waals surface area contributed by atoms with Gasteiger partial charge < -0.3 is 15.7 Å². The molecule has 2 aromatic carbocycles. The highest BCUT2D eigenvalue weighted by molar-refractivity contribution is 7.80. The van der Waals surface area contributed by atoms with Gasteiger partial charge in [-0.2, -0.15) is 5.11 Å². The minimum atomic E-state index is -0.494. The summed E-state index contributed by atoms with van der Waals surface area (Å²) in [6.45, 7) is 34.9. The van der Waals surface area contributed by atoms with E-state index in [4.69, 9.17) is 12.6 Å². The van der Waals surface area contributed by atoms with Gasteiger partial charge in [-0.05, 0) is 73.0 Å². The van der Waals surface area contributed by atoms with E-state index in [0.717, 1.165) is 47.7 Å². The zero-order valence-electron chi connectivity index (χ0n) is 31.1. The molecule has 2 unspecified atom stereocenters. The summed E-state index contributed by atoms with van der Waals surface area (Å²) in [5, 5.41) is 25.9. The van der Waals surface area contributed by atoms with Crippen LogP contribution in [0.15, 0.2) is 65.3 Å². The largest absolute Gasteiger partial charge is 0.391 e. The zero-order valence-corrected chi connectivity index (χ0v) is 32.0. The normalized spacial score (nSPS) is 12.5. The van der Waals surface area contributed by atoms with Crippen molar-refractivity contribution >= 4 is 24.4 Å². The molecule has 0 fully saturated rings. The van der Waals surface area contributed by atoms with E-state index in [-0.39, 0.29) is 12.6 Å². The molecule has 3 N–H and O–H groups in total. The summed E-state index contributed by atoms with van der Waals surface area (Å²) >= 11 is 4.82. The first-order chi connectivity index (χ1) is 22.1. The Balaban J connectivity index is 0. The van der Waals surface area contributed by atoms with Crippen molar-refractivity contribution in [2.75, 3.05) is 26.7 Å². The molecule has 6 nitrogen and oxygen atoms in total. The van der Waals surface area contributed by atoms with Gasteiger partial charge in [0.25, 0.3) is 0 Å². The van der Waals surface area contributed by atoms with Gasteiger partial charge in [0.05, 0.1) is 25.2 Å². The van der Waals surface area contributed by atoms with Gasteiger partial charge in [-0.3, -0.25) is 5.01 Å². The van der Waals surface area contributed by atoms with Crippen LogP contribution in [0.4, 0.5) is 0 Å². The lowest BCUT2D eigenvalue weighted by Gasteiger charge is -2.26. The van der Waals surface area contributed by atoms with E-state index in [9.17, 15) is 5.11 Å². The van der Waals surface area contributed by atoms with Crippen LogP contribution in [0.1, 0.15) is 108 Å². The summed E-state index contributed by atoms with van der Waals surface area (Å²) in [5.74, 6) is 0. The predicted octanol–water partition coefficient (Wildman–Crippen LogP) is 9.65. The Morgan fingerprint density at radius 2 is 1.76 bits per heavy atom. The van der Waals surface area contributed by atoms with E-state index in [1.807, 2.05) is 60.7 Å². The molecule has 1 aliphatic rings. The SMILES string of the molecule is C=CC(CN(C)N=NCC(C)O)NC(=C)c1c(C)cc2c(c1S)CCNC2.C=Cc1ccc(CC)c(CCC)c1.CC.CC.CC. The van der Waals surface area contributed by atoms with Crippen molar-refractivity contribution in [2.45, 2.75) is 119 Å². The molecule has 3 rings (SSSR count). The standard InChI is InChI=1S/C20H31N5OS.C13H18.3C2H6/c1-6-17(12-25(5)24-22-10-14(3)26)23-15(4)19-13(2)9-16-11-21-8-7-18(16)20(19)27;1-4-7-13-10-11(5-2)8-9-12(13)6-3;3*1-2/h6,9,14,17,21,23,26-27H,1,4,7-8,10-12H2,2-3,5H3;5,8-10H,2,4,6-7H2,1,3H3;3*1-2H3. The third-order valence-electron chi connectivity index (χ3n) is 6.90. The highest BCUT2D eigenvalue weighted by atomic mass is 32.1. The molecule has 0 aliphatic carbocycles. The minimum Gasteiger partial charge on any atom is -0.391 e. The molecule has 2 atom stereocenters. The predicted molar refractivity (Wildman–Crippen MR) is 208 cm³/mol. The third-order valence-corrected chi connectivity index (χ3v) is 7.39. The van der Waals surface area contributed by atoms with Crippen LogP contribution in [0.25, 0.3) is 11.8 Å². The van der Waals surface area contributed by atoms with Crippen molar-refractivity contribution < 1.29 is 5.11 Å². The number of aliphatic hydroxyl groups excluding tert-OH is 1. The first kappa shape index (κ1) is 45.3. The summed E-state index contributed by atoms with van der Waals surface area (Å²) in [7, 11) is 1.84. The Hall–Kier alpha value is -2.87. The van der Waals surface area contributed by atoms with Gasteiger partial charge in [0, 0.05) is 29.7 Å². The first-order valence-electron chi connectivity index (χ1n) is 17.3. The summed E-state index contributed by atoms with van der Waals surface area (Å²) < 4.78 is 0. The molecular weight excluding hydrogens is 587 g/mol. The lowest BCUT2D eigenvalue weighted by atomic mass is 9.93. The van der Waals surface area contributed by atoms with Gasteiger partial charge in [0.2, 0.25) is 0 Å². The van der Waals surface area contributed by atoms with Crippen LogP contribution in [0, 0.1) is 6.92 Å². The number of nitrogens with zero attached hydrogens (tertiary/aromatic N) is 3. The Bertz CT molecular complexity index is 1180. The third kappa shape index (κ3) is 16.1. The Labute approximate surface area is 289 Å². The molecule has 260 valence electrons. The van der Waals surface area contributed by atoms with Crippen LogP contribution >= 0.6 is 12.6 Å². The Kier molecular flexibility index (Phi) is 26.8. The highest BCUT2D eigenvalue weighted by Crippen LogP contribution is 2.32. The lowest BCUT2D eigenvalue weighted by Crippen LogP contribution is -2.35. The molecule has 0 aromatic heterocycles. The molecule has 0 spiro atoms. The minimum absolute atomic E-state index is 0.0437. The number of likely N-dealkylation sites (N-methyl/N-ethyl adjacent to an activating group) is 1. The van der Waals surface area contributed by atoms with Crippen molar-refractivity contribution in [3.63, 3.8) is 0 Å². The quantitative estimate of drug-likeness (QED) is 0.0752. The van der Waals surface area contributed by atoms with E-state index >= 15 is 0 Å². The maximum Gasteiger partial charge on any atom is 0.0877 e. The van der Waals surface area contributed by atoms with Gasteiger partial charge in [0.15, 0.2) is 0 Å². The van der Waals surface area contributed by atoms with Crippen LogP contribution in [0.5, 0.6) is 0 Å². The maximum absolute atomic E-state index is 9.25. The van der Waals surface area contributed by atoms with Gasteiger partial charge in [-0.25, -0.2) is 0 Å². The molecule has 1 heterocycles. The zero-order chi connectivity index (χ0) is 35.7. The number of benzene rings is 2. The summed E-state index contributed by atoms with van der Waals surface area (Å²) in [6, 6.07) is 8.81. The van der Waals surface area contributed by atoms with Gasteiger partial charge in [0.1, 0.15) is 0 Å². The molecule has 0 amide bonds. The fourth-order valence-corrected chi connectivity index (χ4v) is 5.41. The van der Waals surface area contributed by atoms with Gasteiger partial charge in [-0.15, -0.1) is 19.2 Å². The summed E-state index contributed by atoms with van der Waals surface area (Å²) in [6.07, 6.45) is 7.77. The van der Waals surface area contributed by atoms with Crippen molar-refractivity contribution in [2.24, 2.45) is 10.3 Å². The smallest absolute Gasteiger partial charge is 0.0877 e. The summed E-state index contributed by atoms with van der Waals surface area (Å²) in [5.41, 5.74) is 9.88. The van der Waals surface area contributed by atoms with E-state index in [1.165, 1.54) is 40.7 Å². The maximum atomic E-state index is 9.25. The molecule has 7 heteroatoms. The second kappa shape index (κ2) is 27.3. The van der Waals surface area contributed by atoms with Crippen LogP contribution in [0.2, 0.25) is 0 Å². The van der Waals surface area contributed by atoms with Gasteiger partial charge >= 0.3 is 0 Å². The van der Waals surface area contributed by atoms with Crippen LogP contribution in [0.3, 0.4) is 0 Å². The lowest BCUT2D eigenvalue weighted by molar-refractivity contribution is 0.196. The van der Waals surface area contributed by atoms with E-state index < -0.39 is 6.10 Å². The Morgan fingerprint density at radius 1 is 1.11 bits per heavy atom. The molecule has 2 aromatic rings. The van der Waals surface area contributed by atoms with Crippen LogP contribution in [-0.2, 0) is 25.8 Å². The number of thiol groups is 1. The molecular formula is C39H67N5OS. The molecule has 1 aliphatic heterocycles. The molecule has 0 saturated carbocycles. The number of fused-ring (bicyclic) bond motifs is 1. The van der Waals surface area contributed by atoms with Crippen molar-refractivity contribution in [3.05, 3.63) is 89.0 Å². The average molecular weight is 654 g/mol. The molecule has 0 bridgehead atoms. The number of hydrogen-bond acceptors (Lipinski definition) is 6. The topological polar surface area (TPSA) is 72.2 Å². The van der Waals surface area contributed by atoms with Crippen molar-refractivity contribution in [1.82, 2.24) is 15.6 Å². The number of rotatable bonds is 13. The van der Waals surface area contributed by atoms with Crippen LogP contribution < -0.4 is 10.6 Å². The average Bonchev–Trinajstić information content (AvgIpc) is 3.07. The first-order valence-corrected chi connectivity index (χ1v) is 17.7. The fourth-order valence-electron chi connectivity index (χ4n) is 4.84. The molecule has 0 saturated heterocycles. The van der Waals surface area contributed by atoms with E-state index in [1.54, 1.807) is 11.9 Å².